The summed E-state index contributed by atoms with van der Waals surface area (Å²) in [7, 11) is 2.19. The molecule has 0 amide bonds. The molecule has 1 aromatic rings. The molecule has 1 saturated heterocycles. The van der Waals surface area contributed by atoms with Crippen molar-refractivity contribution in [2.45, 2.75) is 25.7 Å². The van der Waals surface area contributed by atoms with Gasteiger partial charge in [-0.25, -0.2) is 0 Å². The van der Waals surface area contributed by atoms with Gasteiger partial charge in [-0.3, -0.25) is 0 Å². The molecule has 0 aromatic heterocycles. The summed E-state index contributed by atoms with van der Waals surface area (Å²) in [6.45, 7) is 8.89. The highest BCUT2D eigenvalue weighted by Crippen LogP contribution is 2.14. The quantitative estimate of drug-likeness (QED) is 0.723. The van der Waals surface area contributed by atoms with Crippen LogP contribution in [0.15, 0.2) is 42.6 Å². The first kappa shape index (κ1) is 14.1. The van der Waals surface area contributed by atoms with Gasteiger partial charge in [-0.15, -0.1) is 0 Å². The van der Waals surface area contributed by atoms with Gasteiger partial charge in [0.05, 0.1) is 0 Å². The number of piperazine rings is 1. The topological polar surface area (TPSA) is 6.48 Å². The molecule has 2 nitrogen and oxygen atoms in total. The molecule has 0 spiro atoms. The normalized spacial score (nSPS) is 16.6. The summed E-state index contributed by atoms with van der Waals surface area (Å²) in [5.41, 5.74) is 2.79. The lowest BCUT2D eigenvalue weighted by Gasteiger charge is -2.35. The minimum atomic E-state index is 1.15. The largest absolute Gasteiger partial charge is 0.373 e. The van der Waals surface area contributed by atoms with Gasteiger partial charge >= 0.3 is 0 Å². The fraction of sp³-hybridized carbons (Fsp3) is 0.529. The Morgan fingerprint density at radius 1 is 1.05 bits per heavy atom. The Morgan fingerprint density at radius 2 is 1.74 bits per heavy atom. The van der Waals surface area contributed by atoms with Crippen molar-refractivity contribution in [3.63, 3.8) is 0 Å². The molecule has 1 aliphatic rings. The fourth-order valence-electron chi connectivity index (χ4n) is 2.58. The van der Waals surface area contributed by atoms with Gasteiger partial charge in [0.2, 0.25) is 0 Å². The van der Waals surface area contributed by atoms with E-state index >= 15 is 0 Å². The molecule has 104 valence electrons. The molecule has 0 aliphatic carbocycles. The summed E-state index contributed by atoms with van der Waals surface area (Å²) in [5, 5.41) is 0. The number of hydrogen-bond donors (Lipinski definition) is 0. The molecular formula is C17H26N2. The number of benzene rings is 1. The standard InChI is InChI=1S/C17H26N2/c1-16(19-14-12-18(2)13-15-19)8-6-7-11-17-9-4-3-5-10-17/h3-5,9-10H,1,6-8,11-15H2,2H3. The van der Waals surface area contributed by atoms with Gasteiger partial charge in [0.25, 0.3) is 0 Å². The number of aryl methyl sites for hydroxylation is 1. The Balaban J connectivity index is 1.61. The lowest BCUT2D eigenvalue weighted by molar-refractivity contribution is 0.182. The Bertz CT molecular complexity index is 378. The van der Waals surface area contributed by atoms with Gasteiger partial charge in [-0.2, -0.15) is 0 Å². The summed E-state index contributed by atoms with van der Waals surface area (Å²) in [6.07, 6.45) is 4.85. The molecule has 1 fully saturated rings. The first-order valence-electron chi connectivity index (χ1n) is 7.41. The summed E-state index contributed by atoms with van der Waals surface area (Å²) in [4.78, 5) is 4.85. The molecule has 0 saturated carbocycles. The van der Waals surface area contributed by atoms with Crippen LogP contribution in [-0.4, -0.2) is 43.0 Å². The molecule has 0 radical (unpaired) electrons. The Labute approximate surface area is 117 Å². The van der Waals surface area contributed by atoms with Gasteiger partial charge in [0, 0.05) is 31.9 Å². The van der Waals surface area contributed by atoms with E-state index in [1.54, 1.807) is 0 Å². The van der Waals surface area contributed by atoms with Crippen LogP contribution in [0.3, 0.4) is 0 Å². The molecule has 2 heteroatoms. The maximum atomic E-state index is 4.26. The zero-order valence-electron chi connectivity index (χ0n) is 12.1. The average molecular weight is 258 g/mol. The first-order valence-corrected chi connectivity index (χ1v) is 7.41. The molecule has 0 bridgehead atoms. The second-order valence-electron chi connectivity index (χ2n) is 5.55. The third-order valence-corrected chi connectivity index (χ3v) is 3.97. The molecule has 0 unspecified atom stereocenters. The number of hydrogen-bond acceptors (Lipinski definition) is 2. The van der Waals surface area contributed by atoms with Crippen LogP contribution in [0.4, 0.5) is 0 Å². The Hall–Kier alpha value is -1.28. The monoisotopic (exact) mass is 258 g/mol. The summed E-state index contributed by atoms with van der Waals surface area (Å²) < 4.78 is 0. The molecule has 0 N–H and O–H groups in total. The van der Waals surface area contributed by atoms with Gasteiger partial charge in [0.1, 0.15) is 0 Å². The van der Waals surface area contributed by atoms with Crippen molar-refractivity contribution in [1.82, 2.24) is 9.80 Å². The van der Waals surface area contributed by atoms with E-state index in [4.69, 9.17) is 0 Å². The lowest BCUT2D eigenvalue weighted by Crippen LogP contribution is -2.43. The third kappa shape index (κ3) is 4.71. The van der Waals surface area contributed by atoms with Crippen molar-refractivity contribution in [2.24, 2.45) is 0 Å². The van der Waals surface area contributed by atoms with Crippen LogP contribution >= 0.6 is 0 Å². The Morgan fingerprint density at radius 3 is 2.42 bits per heavy atom. The van der Waals surface area contributed by atoms with Crippen LogP contribution < -0.4 is 0 Å². The van der Waals surface area contributed by atoms with Crippen molar-refractivity contribution in [2.75, 3.05) is 33.2 Å². The van der Waals surface area contributed by atoms with Gasteiger partial charge in [-0.1, -0.05) is 36.9 Å². The summed E-state index contributed by atoms with van der Waals surface area (Å²) in [5.74, 6) is 0. The predicted molar refractivity (Wildman–Crippen MR) is 82.2 cm³/mol. The maximum absolute atomic E-state index is 4.26. The van der Waals surface area contributed by atoms with Crippen molar-refractivity contribution in [3.8, 4) is 0 Å². The van der Waals surface area contributed by atoms with Crippen LogP contribution in [0, 0.1) is 0 Å². The molecule has 1 aliphatic heterocycles. The highest BCUT2D eigenvalue weighted by atomic mass is 15.2. The van der Waals surface area contributed by atoms with Crippen molar-refractivity contribution in [3.05, 3.63) is 48.2 Å². The van der Waals surface area contributed by atoms with E-state index in [0.29, 0.717) is 0 Å². The van der Waals surface area contributed by atoms with E-state index in [9.17, 15) is 0 Å². The SMILES string of the molecule is C=C(CCCCc1ccccc1)N1CCN(C)CC1. The highest BCUT2D eigenvalue weighted by Gasteiger charge is 2.14. The van der Waals surface area contributed by atoms with Gasteiger partial charge < -0.3 is 9.80 Å². The molecule has 1 heterocycles. The molecule has 2 rings (SSSR count). The van der Waals surface area contributed by atoms with E-state index in [-0.39, 0.29) is 0 Å². The summed E-state index contributed by atoms with van der Waals surface area (Å²) >= 11 is 0. The van der Waals surface area contributed by atoms with E-state index < -0.39 is 0 Å². The zero-order chi connectivity index (χ0) is 13.5. The van der Waals surface area contributed by atoms with E-state index in [2.05, 4.69) is 53.8 Å². The molecule has 0 atom stereocenters. The molecule has 1 aromatic carbocycles. The average Bonchev–Trinajstić information content (AvgIpc) is 2.45. The van der Waals surface area contributed by atoms with Crippen molar-refractivity contribution in [1.29, 1.82) is 0 Å². The smallest absolute Gasteiger partial charge is 0.0303 e. The van der Waals surface area contributed by atoms with Crippen LogP contribution in [0.5, 0.6) is 0 Å². The zero-order valence-corrected chi connectivity index (χ0v) is 12.1. The van der Waals surface area contributed by atoms with Crippen LogP contribution in [0.1, 0.15) is 24.8 Å². The van der Waals surface area contributed by atoms with Crippen molar-refractivity contribution >= 4 is 0 Å². The number of unbranched alkanes of at least 4 members (excludes halogenated alkanes) is 1. The fourth-order valence-corrected chi connectivity index (χ4v) is 2.58. The third-order valence-electron chi connectivity index (χ3n) is 3.97. The molecular weight excluding hydrogens is 232 g/mol. The van der Waals surface area contributed by atoms with Crippen LogP contribution in [0.2, 0.25) is 0 Å². The predicted octanol–water partition coefficient (Wildman–Crippen LogP) is 3.16. The Kier molecular flexibility index (Phi) is 5.46. The van der Waals surface area contributed by atoms with E-state index in [1.807, 2.05) is 0 Å². The number of rotatable bonds is 6. The number of likely N-dealkylation sites (N-methyl/N-ethyl adjacent to an activating group) is 1. The minimum Gasteiger partial charge on any atom is -0.373 e. The maximum Gasteiger partial charge on any atom is 0.0303 e. The minimum absolute atomic E-state index is 1.15. The summed E-state index contributed by atoms with van der Waals surface area (Å²) in [6, 6.07) is 10.8. The van der Waals surface area contributed by atoms with E-state index in [1.165, 1.54) is 43.6 Å². The first-order chi connectivity index (χ1) is 9.25. The molecule has 19 heavy (non-hydrogen) atoms. The number of allylic oxidation sites excluding steroid dienone is 1. The second-order valence-corrected chi connectivity index (χ2v) is 5.55. The second kappa shape index (κ2) is 7.34. The van der Waals surface area contributed by atoms with Crippen LogP contribution in [0.25, 0.3) is 0 Å². The van der Waals surface area contributed by atoms with Crippen molar-refractivity contribution < 1.29 is 0 Å². The van der Waals surface area contributed by atoms with Crippen LogP contribution in [-0.2, 0) is 6.42 Å². The lowest BCUT2D eigenvalue weighted by atomic mass is 10.1. The number of nitrogens with zero attached hydrogens (tertiary/aromatic N) is 2. The highest BCUT2D eigenvalue weighted by molar-refractivity contribution is 5.14. The van der Waals surface area contributed by atoms with Gasteiger partial charge in [0.15, 0.2) is 0 Å². The van der Waals surface area contributed by atoms with Gasteiger partial charge in [-0.05, 0) is 38.3 Å². The van der Waals surface area contributed by atoms with E-state index in [0.717, 1.165) is 19.5 Å².